The molecule has 5 saturated carbocycles. The fourth-order valence-electron chi connectivity index (χ4n) is 14.6. The van der Waals surface area contributed by atoms with Crippen molar-refractivity contribution < 1.29 is 33.8 Å². The molecule has 1 aromatic heterocycles. The standard InChI is InChI=1S/C48H70N4O7/c1-27(2)37-32(53)21-48(22-36(54)51-25-42(3,4)52-39(55)28-23-49-26-50-24-28)19-18-46(10)29(38(37)48)12-13-34-45(9)16-15-35(44(7,8)33(45)14-17-47(34,46)11)59-41(58)31-20-30(40(56)57)43(31,5)6/h23-24,26-27,29-31,33-35H,12-22,25H2,1-11H3,(H,51,54)(H,52,55)(H,56,57)/t29-,30+,31-,33+,34-,35+,45+,46-,47-,48+/m1/s1. The van der Waals surface area contributed by atoms with E-state index in [0.717, 1.165) is 56.9 Å². The number of Topliss-reactive ketones (excluding diaryl/α,β-unsaturated/α-hetero) is 1. The van der Waals surface area contributed by atoms with Crippen LogP contribution in [0.25, 0.3) is 0 Å². The Morgan fingerprint density at radius 2 is 1.54 bits per heavy atom. The van der Waals surface area contributed by atoms with E-state index < -0.39 is 34.2 Å². The summed E-state index contributed by atoms with van der Waals surface area (Å²) in [7, 11) is 0. The molecule has 0 aromatic carbocycles. The molecular weight excluding hydrogens is 745 g/mol. The Labute approximate surface area is 351 Å². The van der Waals surface area contributed by atoms with Gasteiger partial charge in [0.2, 0.25) is 5.91 Å². The number of nitrogens with zero attached hydrogens (tertiary/aromatic N) is 2. The van der Waals surface area contributed by atoms with Crippen LogP contribution in [0.2, 0.25) is 0 Å². The molecule has 5 fully saturated rings. The molecule has 0 spiro atoms. The number of amides is 2. The number of nitrogens with one attached hydrogen (secondary N) is 2. The maximum Gasteiger partial charge on any atom is 0.309 e. The van der Waals surface area contributed by atoms with E-state index in [9.17, 15) is 29.1 Å². The number of fused-ring (bicyclic) bond motifs is 7. The Morgan fingerprint density at radius 3 is 2.17 bits per heavy atom. The van der Waals surface area contributed by atoms with Gasteiger partial charge in [-0.3, -0.25) is 24.0 Å². The third-order valence-electron chi connectivity index (χ3n) is 18.1. The van der Waals surface area contributed by atoms with E-state index in [-0.39, 0.29) is 76.1 Å². The van der Waals surface area contributed by atoms with Crippen molar-refractivity contribution in [2.75, 3.05) is 6.54 Å². The summed E-state index contributed by atoms with van der Waals surface area (Å²) in [5.74, 6) is -1.10. The molecule has 0 aliphatic heterocycles. The molecule has 0 unspecified atom stereocenters. The summed E-state index contributed by atoms with van der Waals surface area (Å²) in [6.45, 7) is 24.2. The van der Waals surface area contributed by atoms with Gasteiger partial charge in [0.15, 0.2) is 5.78 Å². The van der Waals surface area contributed by atoms with Gasteiger partial charge in [-0.1, -0.05) is 67.9 Å². The van der Waals surface area contributed by atoms with Gasteiger partial charge in [-0.25, -0.2) is 9.97 Å². The maximum absolute atomic E-state index is 14.1. The summed E-state index contributed by atoms with van der Waals surface area (Å²) in [5, 5.41) is 15.8. The van der Waals surface area contributed by atoms with Gasteiger partial charge in [0.05, 0.1) is 22.9 Å². The van der Waals surface area contributed by atoms with Crippen molar-refractivity contribution in [3.8, 4) is 0 Å². The molecule has 2 amide bonds. The van der Waals surface area contributed by atoms with Crippen molar-refractivity contribution in [3.05, 3.63) is 35.4 Å². The number of hydrogen-bond acceptors (Lipinski definition) is 8. The smallest absolute Gasteiger partial charge is 0.309 e. The average Bonchev–Trinajstić information content (AvgIpc) is 3.43. The maximum atomic E-state index is 14.1. The molecule has 10 atom stereocenters. The molecule has 6 aliphatic rings. The van der Waals surface area contributed by atoms with E-state index in [1.807, 2.05) is 27.7 Å². The summed E-state index contributed by atoms with van der Waals surface area (Å²) in [6, 6.07) is 0. The van der Waals surface area contributed by atoms with Crippen molar-refractivity contribution in [1.82, 2.24) is 20.6 Å². The van der Waals surface area contributed by atoms with Crippen LogP contribution in [0.3, 0.4) is 0 Å². The van der Waals surface area contributed by atoms with Crippen molar-refractivity contribution in [1.29, 1.82) is 0 Å². The van der Waals surface area contributed by atoms with Crippen molar-refractivity contribution in [2.24, 2.45) is 68.0 Å². The molecule has 7 rings (SSSR count). The molecule has 0 bridgehead atoms. The zero-order valence-electron chi connectivity index (χ0n) is 37.5. The average molecular weight is 815 g/mol. The van der Waals surface area contributed by atoms with Gasteiger partial charge in [0, 0.05) is 42.6 Å². The van der Waals surface area contributed by atoms with Crippen molar-refractivity contribution >= 4 is 29.5 Å². The van der Waals surface area contributed by atoms with Gasteiger partial charge in [0.25, 0.3) is 5.91 Å². The first-order chi connectivity index (χ1) is 27.3. The fourth-order valence-corrected chi connectivity index (χ4v) is 14.6. The van der Waals surface area contributed by atoms with Crippen molar-refractivity contribution in [3.63, 3.8) is 0 Å². The Balaban J connectivity index is 1.09. The topological polar surface area (TPSA) is 165 Å². The SMILES string of the molecule is CC(C)C1=C2[C@H]3CC[C@@H]4[C@@]5(C)CC[C@H](OC(=O)[C@H]6C[C@@H](C(=O)O)C6(C)C)C(C)(C)[C@@H]5CC[C@@]4(C)[C@]3(C)CC[C@@]2(CC(=O)NCC(C)(C)NC(=O)c2cncnc2)CC1=O. The van der Waals surface area contributed by atoms with Crippen LogP contribution in [0, 0.1) is 68.0 Å². The molecule has 11 nitrogen and oxygen atoms in total. The molecule has 1 aromatic rings. The first-order valence-electron chi connectivity index (χ1n) is 22.4. The lowest BCUT2D eigenvalue weighted by atomic mass is 9.33. The minimum atomic E-state index is -0.842. The van der Waals surface area contributed by atoms with Crippen LogP contribution in [0.15, 0.2) is 29.9 Å². The molecule has 59 heavy (non-hydrogen) atoms. The highest BCUT2D eigenvalue weighted by Gasteiger charge is 2.70. The molecule has 11 heteroatoms. The van der Waals surface area contributed by atoms with E-state index in [1.165, 1.54) is 24.3 Å². The summed E-state index contributed by atoms with van der Waals surface area (Å²) >= 11 is 0. The molecule has 3 N–H and O–H groups in total. The minimum Gasteiger partial charge on any atom is -0.481 e. The number of carboxylic acid groups (broad SMARTS) is 1. The highest BCUT2D eigenvalue weighted by molar-refractivity contribution is 6.01. The van der Waals surface area contributed by atoms with Crippen LogP contribution in [-0.4, -0.2) is 62.8 Å². The highest BCUT2D eigenvalue weighted by atomic mass is 16.5. The van der Waals surface area contributed by atoms with Gasteiger partial charge in [-0.05, 0) is 123 Å². The first kappa shape index (κ1) is 43.5. The highest BCUT2D eigenvalue weighted by Crippen LogP contribution is 2.77. The number of aromatic nitrogens is 2. The van der Waals surface area contributed by atoms with Crippen LogP contribution in [0.4, 0.5) is 0 Å². The number of ether oxygens (including phenoxy) is 1. The van der Waals surface area contributed by atoms with Crippen LogP contribution in [-0.2, 0) is 23.9 Å². The predicted molar refractivity (Wildman–Crippen MR) is 224 cm³/mol. The minimum absolute atomic E-state index is 0.0176. The summed E-state index contributed by atoms with van der Waals surface area (Å²) < 4.78 is 6.41. The second-order valence-electron chi connectivity index (χ2n) is 22.7. The molecular formula is C48H70N4O7. The summed E-state index contributed by atoms with van der Waals surface area (Å²) in [4.78, 5) is 74.4. The monoisotopic (exact) mass is 815 g/mol. The Morgan fingerprint density at radius 1 is 0.864 bits per heavy atom. The van der Waals surface area contributed by atoms with Gasteiger partial charge in [-0.2, -0.15) is 0 Å². The zero-order chi connectivity index (χ0) is 43.3. The molecule has 324 valence electrons. The normalized spacial score (nSPS) is 38.2. The van der Waals surface area contributed by atoms with Crippen LogP contribution in [0.1, 0.15) is 157 Å². The van der Waals surface area contributed by atoms with E-state index in [4.69, 9.17) is 4.74 Å². The number of hydrogen-bond donors (Lipinski definition) is 3. The van der Waals surface area contributed by atoms with E-state index in [1.54, 1.807) is 0 Å². The lowest BCUT2D eigenvalue weighted by Gasteiger charge is -2.72. The Kier molecular flexibility index (Phi) is 10.7. The number of esters is 1. The van der Waals surface area contributed by atoms with Gasteiger partial charge in [0.1, 0.15) is 12.4 Å². The van der Waals surface area contributed by atoms with Gasteiger partial charge in [-0.15, -0.1) is 0 Å². The quantitative estimate of drug-likeness (QED) is 0.198. The number of aliphatic carboxylic acids is 1. The second kappa shape index (κ2) is 14.5. The van der Waals surface area contributed by atoms with Crippen LogP contribution >= 0.6 is 0 Å². The molecule has 1 heterocycles. The van der Waals surface area contributed by atoms with Crippen LogP contribution < -0.4 is 10.6 Å². The molecule has 0 radical (unpaired) electrons. The predicted octanol–water partition coefficient (Wildman–Crippen LogP) is 8.13. The summed E-state index contributed by atoms with van der Waals surface area (Å²) in [5.41, 5.74) is 0.491. The number of rotatable bonds is 10. The van der Waals surface area contributed by atoms with Crippen molar-refractivity contribution in [2.45, 2.75) is 158 Å². The number of allylic oxidation sites excluding steroid dienone is 2. The lowest BCUT2D eigenvalue weighted by Crippen LogP contribution is -2.66. The molecule has 6 aliphatic carbocycles. The van der Waals surface area contributed by atoms with Crippen LogP contribution in [0.5, 0.6) is 0 Å². The lowest BCUT2D eigenvalue weighted by molar-refractivity contribution is -0.236. The first-order valence-corrected chi connectivity index (χ1v) is 22.4. The van der Waals surface area contributed by atoms with Gasteiger partial charge >= 0.3 is 11.9 Å². The third kappa shape index (κ3) is 6.77. The van der Waals surface area contributed by atoms with E-state index in [2.05, 4.69) is 69.1 Å². The zero-order valence-corrected chi connectivity index (χ0v) is 37.5. The largest absolute Gasteiger partial charge is 0.481 e. The molecule has 0 saturated heterocycles. The van der Waals surface area contributed by atoms with Gasteiger partial charge < -0.3 is 20.5 Å². The van der Waals surface area contributed by atoms with E-state index >= 15 is 0 Å². The Hall–Kier alpha value is -3.63. The van der Waals surface area contributed by atoms with E-state index in [0.29, 0.717) is 30.2 Å². The second-order valence-corrected chi connectivity index (χ2v) is 22.7. The third-order valence-corrected chi connectivity index (χ3v) is 18.1. The number of ketones is 1. The number of carbonyl (C=O) groups is 5. The summed E-state index contributed by atoms with van der Waals surface area (Å²) in [6.07, 6.45) is 12.7. The number of carbonyl (C=O) groups excluding carboxylic acids is 4. The fraction of sp³-hybridized carbons (Fsp3) is 0.771. The Bertz CT molecular complexity index is 1940. The number of carboxylic acids is 1.